The molecule has 11 heteroatoms. The van der Waals surface area contributed by atoms with Crippen LogP contribution < -0.4 is 4.86 Å². The minimum atomic E-state index is -3.46. The van der Waals surface area contributed by atoms with Crippen molar-refractivity contribution in [3.8, 4) is 0 Å². The Hall–Kier alpha value is 2.52. The van der Waals surface area contributed by atoms with Crippen LogP contribution in [0.4, 0.5) is 0 Å². The van der Waals surface area contributed by atoms with E-state index < -0.39 is 12.2 Å². The number of nitrogens with one attached hydrogen (secondary N) is 1. The fraction of sp³-hybridized carbons (Fsp3) is 1.00. The van der Waals surface area contributed by atoms with Crippen LogP contribution in [0.5, 0.6) is 0 Å². The molecule has 0 bridgehead atoms. The van der Waals surface area contributed by atoms with Crippen LogP contribution in [0.1, 0.15) is 13.3 Å². The van der Waals surface area contributed by atoms with Gasteiger partial charge in [-0.2, -0.15) is 0 Å². The van der Waals surface area contributed by atoms with E-state index >= 15 is 0 Å². The number of hydrogen-bond donors (Lipinski definition) is 1. The Morgan fingerprint density at radius 3 is 2.50 bits per heavy atom. The van der Waals surface area contributed by atoms with Gasteiger partial charge >= 0.3 is 99.7 Å². The number of rotatable bonds is 2. The molecular weight excluding hydrogens is 393 g/mol. The zero-order valence-corrected chi connectivity index (χ0v) is 14.6. The Kier molecular flexibility index (Phi) is 6.98. The summed E-state index contributed by atoms with van der Waals surface area (Å²) in [5, 5.41) is 0. The molecule has 86 valence electrons. The molecule has 1 N–H and O–H groups in total. The van der Waals surface area contributed by atoms with Gasteiger partial charge in [0.2, 0.25) is 0 Å². The van der Waals surface area contributed by atoms with E-state index in [4.69, 9.17) is 45.0 Å². The zero-order chi connectivity index (χ0) is 10.1. The van der Waals surface area contributed by atoms with Crippen LogP contribution in [0.3, 0.4) is 0 Å². The number of hydrogen-bond acceptors (Lipinski definition) is 3. The first-order valence-corrected chi connectivity index (χ1v) is 11.5. The van der Waals surface area contributed by atoms with E-state index in [1.165, 1.54) is 0 Å². The maximum absolute atomic E-state index is 6.12. The van der Waals surface area contributed by atoms with Crippen LogP contribution in [0, 0.1) is 0 Å². The summed E-state index contributed by atoms with van der Waals surface area (Å²) in [7, 11) is -1.07. The van der Waals surface area contributed by atoms with Crippen LogP contribution in [0.2, 0.25) is 0 Å². The summed E-state index contributed by atoms with van der Waals surface area (Å²) in [6, 6.07) is 0. The van der Waals surface area contributed by atoms with Gasteiger partial charge in [0.1, 0.15) is 0 Å². The molecule has 0 aromatic carbocycles. The van der Waals surface area contributed by atoms with Crippen molar-refractivity contribution in [2.45, 2.75) is 13.3 Å². The molecule has 0 fully saturated rings. The van der Waals surface area contributed by atoms with Crippen molar-refractivity contribution in [3.63, 3.8) is 0 Å². The topological polar surface area (TPSA) is 27.6 Å². The van der Waals surface area contributed by atoms with Gasteiger partial charge in [-0.25, -0.2) is 0 Å². The second-order valence-corrected chi connectivity index (χ2v) is 16.0. The number of halogens is 5. The van der Waals surface area contributed by atoms with E-state index in [-0.39, 0.29) is 25.9 Å². The van der Waals surface area contributed by atoms with Crippen LogP contribution in [0.25, 0.3) is 0 Å². The predicted octanol–water partition coefficient (Wildman–Crippen LogP) is 5.97. The van der Waals surface area contributed by atoms with Gasteiger partial charge in [-0.05, 0) is 0 Å². The monoisotopic (exact) mass is 400 g/mol. The van der Waals surface area contributed by atoms with E-state index in [2.05, 4.69) is 9.37 Å². The molecule has 2 unspecified atom stereocenters. The summed E-state index contributed by atoms with van der Waals surface area (Å²) in [6.45, 7) is 2.67. The van der Waals surface area contributed by atoms with Gasteiger partial charge in [-0.15, -0.1) is 17.0 Å². The molecule has 0 aliphatic carbocycles. The summed E-state index contributed by atoms with van der Waals surface area (Å²) >= 11 is 24.4. The number of nitrogens with zero attached hydrogens (tertiary/aromatic N) is 2. The molecule has 0 radical (unpaired) electrons. The summed E-state index contributed by atoms with van der Waals surface area (Å²) in [4.78, 5) is -0.610. The van der Waals surface area contributed by atoms with E-state index in [0.29, 0.717) is 6.54 Å². The van der Waals surface area contributed by atoms with Crippen molar-refractivity contribution in [2.75, 3.05) is 6.54 Å². The summed E-state index contributed by atoms with van der Waals surface area (Å²) in [5.41, 5.74) is 0. The fourth-order valence-electron chi connectivity index (χ4n) is 0.819. The minimum absolute atomic E-state index is 0. The van der Waals surface area contributed by atoms with E-state index in [1.54, 1.807) is 4.44 Å². The molecular formula is C3H10BrCl4N3P3+. The van der Waals surface area contributed by atoms with Crippen LogP contribution in [-0.4, -0.2) is 11.0 Å². The van der Waals surface area contributed by atoms with Crippen molar-refractivity contribution < 1.29 is 0 Å². The third-order valence-electron chi connectivity index (χ3n) is 1.35. The van der Waals surface area contributed by atoms with Crippen molar-refractivity contribution in [1.29, 1.82) is 0 Å². The second-order valence-electron chi connectivity index (χ2n) is 2.43. The Bertz CT molecular complexity index is 243. The predicted molar refractivity (Wildman–Crippen MR) is 78.4 cm³/mol. The Balaban J connectivity index is 0.00000169. The van der Waals surface area contributed by atoms with E-state index in [1.807, 2.05) is 6.92 Å². The van der Waals surface area contributed by atoms with E-state index in [9.17, 15) is 0 Å². The fourth-order valence-corrected chi connectivity index (χ4v) is 12.0. The molecule has 0 spiro atoms. The third-order valence-corrected chi connectivity index (χ3v) is 13.8. The average molecular weight is 403 g/mol. The standard InChI is InChI=1S/C3H9Cl4N3P3.BrH/c1-2-3-10-12(4)8-11-9-13(10,5,6)7;/h11H,2-3H2,1H3,(H,8,9);1H/q+1;. The van der Waals surface area contributed by atoms with Crippen LogP contribution in [-0.2, 0) is 0 Å². The molecule has 1 aliphatic heterocycles. The van der Waals surface area contributed by atoms with Gasteiger partial charge in [0.15, 0.2) is 0 Å². The molecule has 0 saturated carbocycles. The molecule has 1 rings (SSSR count). The average Bonchev–Trinajstić information content (AvgIpc) is 1.96. The zero-order valence-electron chi connectivity index (χ0n) is 7.12. The van der Waals surface area contributed by atoms with Crippen LogP contribution in [0.15, 0.2) is 4.52 Å². The molecule has 14 heavy (non-hydrogen) atoms. The first kappa shape index (κ1) is 16.5. The summed E-state index contributed by atoms with van der Waals surface area (Å²) in [5.74, 6) is 0. The molecule has 0 amide bonds. The van der Waals surface area contributed by atoms with Gasteiger partial charge in [0.05, 0.1) is 0 Å². The normalized spacial score (nSPS) is 32.4. The molecule has 0 saturated heterocycles. The van der Waals surface area contributed by atoms with Gasteiger partial charge in [0, 0.05) is 0 Å². The first-order chi connectivity index (χ1) is 5.85. The van der Waals surface area contributed by atoms with Crippen LogP contribution >= 0.6 is 83.0 Å². The summed E-state index contributed by atoms with van der Waals surface area (Å²) < 4.78 is 5.81. The van der Waals surface area contributed by atoms with E-state index in [0.717, 1.165) is 6.42 Å². The summed E-state index contributed by atoms with van der Waals surface area (Å²) in [6.07, 6.45) is 0.885. The molecule has 1 heterocycles. The van der Waals surface area contributed by atoms with Gasteiger partial charge in [-0.3, -0.25) is 0 Å². The third kappa shape index (κ3) is 4.08. The maximum atomic E-state index is 6.12. The Morgan fingerprint density at radius 2 is 2.07 bits per heavy atom. The molecule has 0 aromatic rings. The van der Waals surface area contributed by atoms with Gasteiger partial charge in [-0.1, -0.05) is 0 Å². The SMILES string of the molecule is Br.CCCN1[P+](Cl)=NPNP1(Cl)(Cl)Cl. The Labute approximate surface area is 116 Å². The van der Waals surface area contributed by atoms with Crippen molar-refractivity contribution in [1.82, 2.24) is 9.30 Å². The molecule has 1 aliphatic rings. The van der Waals surface area contributed by atoms with Crippen molar-refractivity contribution >= 4 is 83.0 Å². The quantitative estimate of drug-likeness (QED) is 0.576. The van der Waals surface area contributed by atoms with Crippen molar-refractivity contribution in [3.05, 3.63) is 0 Å². The second kappa shape index (κ2) is 5.91. The molecule has 3 nitrogen and oxygen atoms in total. The molecule has 0 aromatic heterocycles. The van der Waals surface area contributed by atoms with Crippen molar-refractivity contribution in [2.24, 2.45) is 4.52 Å². The van der Waals surface area contributed by atoms with Gasteiger partial charge in [0.25, 0.3) is 0 Å². The first-order valence-electron chi connectivity index (χ1n) is 3.50. The van der Waals surface area contributed by atoms with Gasteiger partial charge < -0.3 is 0 Å². The molecule has 2 atom stereocenters. The Morgan fingerprint density at radius 1 is 1.50 bits per heavy atom.